The van der Waals surface area contributed by atoms with Gasteiger partial charge in [0.15, 0.2) is 0 Å². The number of halogens is 1. The third kappa shape index (κ3) is 4.40. The SMILES string of the molecule is O=C(CN1CCN(Cc2ccccc2)C(=O)C1=O)Nc1ccc(Cl)cc1. The molecular formula is C19H18ClN3O3. The summed E-state index contributed by atoms with van der Waals surface area (Å²) in [5.74, 6) is -1.59. The van der Waals surface area contributed by atoms with E-state index < -0.39 is 11.8 Å². The van der Waals surface area contributed by atoms with Crippen molar-refractivity contribution in [1.29, 1.82) is 0 Å². The Morgan fingerprint density at radius 3 is 2.23 bits per heavy atom. The number of rotatable bonds is 5. The van der Waals surface area contributed by atoms with Crippen LogP contribution in [-0.4, -0.2) is 47.2 Å². The summed E-state index contributed by atoms with van der Waals surface area (Å²) in [6.45, 7) is 0.946. The molecule has 2 aromatic carbocycles. The molecule has 0 radical (unpaired) electrons. The van der Waals surface area contributed by atoms with Gasteiger partial charge in [-0.25, -0.2) is 0 Å². The van der Waals surface area contributed by atoms with Crippen molar-refractivity contribution in [2.75, 3.05) is 25.0 Å². The summed E-state index contributed by atoms with van der Waals surface area (Å²) in [4.78, 5) is 39.5. The van der Waals surface area contributed by atoms with Gasteiger partial charge in [0, 0.05) is 30.3 Å². The summed E-state index contributed by atoms with van der Waals surface area (Å²) < 4.78 is 0. The predicted molar refractivity (Wildman–Crippen MR) is 98.5 cm³/mol. The van der Waals surface area contributed by atoms with Crippen LogP contribution in [0.1, 0.15) is 5.56 Å². The van der Waals surface area contributed by atoms with E-state index >= 15 is 0 Å². The molecule has 1 aliphatic heterocycles. The third-order valence-electron chi connectivity index (χ3n) is 4.08. The number of hydrogen-bond acceptors (Lipinski definition) is 3. The van der Waals surface area contributed by atoms with Gasteiger partial charge in [-0.15, -0.1) is 0 Å². The van der Waals surface area contributed by atoms with Gasteiger partial charge in [-0.2, -0.15) is 0 Å². The molecule has 3 amide bonds. The van der Waals surface area contributed by atoms with Crippen molar-refractivity contribution < 1.29 is 14.4 Å². The predicted octanol–water partition coefficient (Wildman–Crippen LogP) is 2.15. The van der Waals surface area contributed by atoms with Crippen LogP contribution in [0.5, 0.6) is 0 Å². The number of benzene rings is 2. The van der Waals surface area contributed by atoms with Gasteiger partial charge in [-0.1, -0.05) is 41.9 Å². The zero-order chi connectivity index (χ0) is 18.5. The molecule has 6 nitrogen and oxygen atoms in total. The van der Waals surface area contributed by atoms with Crippen molar-refractivity contribution in [1.82, 2.24) is 9.80 Å². The molecule has 1 fully saturated rings. The highest BCUT2D eigenvalue weighted by Crippen LogP contribution is 2.14. The number of hydrogen-bond donors (Lipinski definition) is 1. The van der Waals surface area contributed by atoms with Gasteiger partial charge >= 0.3 is 11.8 Å². The van der Waals surface area contributed by atoms with Gasteiger partial charge in [0.1, 0.15) is 6.54 Å². The van der Waals surface area contributed by atoms with Crippen LogP contribution in [0.25, 0.3) is 0 Å². The Labute approximate surface area is 156 Å². The largest absolute Gasteiger partial charge is 0.328 e. The topological polar surface area (TPSA) is 69.7 Å². The van der Waals surface area contributed by atoms with Crippen molar-refractivity contribution in [2.24, 2.45) is 0 Å². The highest BCUT2D eigenvalue weighted by molar-refractivity contribution is 6.35. The first kappa shape index (κ1) is 17.9. The normalized spacial score (nSPS) is 14.5. The smallest absolute Gasteiger partial charge is 0.312 e. The van der Waals surface area contributed by atoms with E-state index in [9.17, 15) is 14.4 Å². The molecule has 1 heterocycles. The summed E-state index contributed by atoms with van der Waals surface area (Å²) in [5, 5.41) is 3.25. The van der Waals surface area contributed by atoms with Crippen LogP contribution in [0.4, 0.5) is 5.69 Å². The van der Waals surface area contributed by atoms with Gasteiger partial charge in [0.25, 0.3) is 0 Å². The molecule has 1 N–H and O–H groups in total. The maximum atomic E-state index is 12.3. The summed E-state index contributed by atoms with van der Waals surface area (Å²) in [6.07, 6.45) is 0. The van der Waals surface area contributed by atoms with Crippen LogP contribution in [0.2, 0.25) is 5.02 Å². The zero-order valence-corrected chi connectivity index (χ0v) is 14.8. The lowest BCUT2D eigenvalue weighted by Crippen LogP contribution is -2.55. The fraction of sp³-hybridized carbons (Fsp3) is 0.211. The minimum Gasteiger partial charge on any atom is -0.328 e. The van der Waals surface area contributed by atoms with Crippen molar-refractivity contribution in [2.45, 2.75) is 6.54 Å². The van der Waals surface area contributed by atoms with Crippen LogP contribution >= 0.6 is 11.6 Å². The standard InChI is InChI=1S/C19H18ClN3O3/c20-15-6-8-16(9-7-15)21-17(24)13-23-11-10-22(18(25)19(23)26)12-14-4-2-1-3-5-14/h1-9H,10-13H2,(H,21,24). The second-order valence-corrected chi connectivity index (χ2v) is 6.43. The maximum Gasteiger partial charge on any atom is 0.312 e. The van der Waals surface area contributed by atoms with Crippen molar-refractivity contribution in [3.8, 4) is 0 Å². The van der Waals surface area contributed by atoms with Crippen LogP contribution in [0.3, 0.4) is 0 Å². The molecule has 0 atom stereocenters. The monoisotopic (exact) mass is 371 g/mol. The number of amides is 3. The molecule has 1 saturated heterocycles. The minimum atomic E-state index is -0.654. The average molecular weight is 372 g/mol. The molecular weight excluding hydrogens is 354 g/mol. The molecule has 0 unspecified atom stereocenters. The Hall–Kier alpha value is -2.86. The zero-order valence-electron chi connectivity index (χ0n) is 14.0. The van der Waals surface area contributed by atoms with E-state index in [0.717, 1.165) is 5.56 Å². The average Bonchev–Trinajstić information content (AvgIpc) is 2.64. The highest BCUT2D eigenvalue weighted by atomic mass is 35.5. The lowest BCUT2D eigenvalue weighted by molar-refractivity contribution is -0.157. The molecule has 0 saturated carbocycles. The molecule has 0 aromatic heterocycles. The van der Waals surface area contributed by atoms with Gasteiger partial charge in [-0.05, 0) is 29.8 Å². The van der Waals surface area contributed by atoms with Crippen LogP contribution < -0.4 is 5.32 Å². The fourth-order valence-corrected chi connectivity index (χ4v) is 2.85. The second kappa shape index (κ2) is 8.01. The Morgan fingerprint density at radius 1 is 0.923 bits per heavy atom. The van der Waals surface area contributed by atoms with E-state index in [1.165, 1.54) is 9.80 Å². The lowest BCUT2D eigenvalue weighted by atomic mass is 10.2. The first-order valence-corrected chi connectivity index (χ1v) is 8.58. The number of carbonyl (C=O) groups is 3. The first-order valence-electron chi connectivity index (χ1n) is 8.20. The van der Waals surface area contributed by atoms with E-state index in [4.69, 9.17) is 11.6 Å². The summed E-state index contributed by atoms with van der Waals surface area (Å²) in [6, 6.07) is 16.2. The van der Waals surface area contributed by atoms with Crippen LogP contribution in [0.15, 0.2) is 54.6 Å². The second-order valence-electron chi connectivity index (χ2n) is 5.99. The molecule has 26 heavy (non-hydrogen) atoms. The Balaban J connectivity index is 1.55. The molecule has 7 heteroatoms. The Kier molecular flexibility index (Phi) is 5.53. The molecule has 0 aliphatic carbocycles. The summed E-state index contributed by atoms with van der Waals surface area (Å²) in [7, 11) is 0. The first-order chi connectivity index (χ1) is 12.5. The van der Waals surface area contributed by atoms with Crippen LogP contribution in [0, 0.1) is 0 Å². The van der Waals surface area contributed by atoms with E-state index in [1.807, 2.05) is 30.3 Å². The van der Waals surface area contributed by atoms with E-state index in [1.54, 1.807) is 24.3 Å². The third-order valence-corrected chi connectivity index (χ3v) is 4.33. The van der Waals surface area contributed by atoms with Crippen molar-refractivity contribution in [3.63, 3.8) is 0 Å². The molecule has 134 valence electrons. The molecule has 2 aromatic rings. The Morgan fingerprint density at radius 2 is 1.54 bits per heavy atom. The minimum absolute atomic E-state index is 0.160. The molecule has 0 spiro atoms. The molecule has 3 rings (SSSR count). The van der Waals surface area contributed by atoms with Crippen LogP contribution in [-0.2, 0) is 20.9 Å². The maximum absolute atomic E-state index is 12.3. The van der Waals surface area contributed by atoms with Gasteiger partial charge < -0.3 is 15.1 Å². The number of nitrogens with one attached hydrogen (secondary N) is 1. The highest BCUT2D eigenvalue weighted by Gasteiger charge is 2.33. The molecule has 1 aliphatic rings. The summed E-state index contributed by atoms with van der Waals surface area (Å²) >= 11 is 5.80. The number of anilines is 1. The van der Waals surface area contributed by atoms with E-state index in [0.29, 0.717) is 30.3 Å². The molecule has 0 bridgehead atoms. The van der Waals surface area contributed by atoms with E-state index in [2.05, 4.69) is 5.32 Å². The fourth-order valence-electron chi connectivity index (χ4n) is 2.73. The van der Waals surface area contributed by atoms with E-state index in [-0.39, 0.29) is 12.5 Å². The van der Waals surface area contributed by atoms with Crippen molar-refractivity contribution in [3.05, 3.63) is 65.2 Å². The quantitative estimate of drug-likeness (QED) is 0.819. The number of nitrogens with zero attached hydrogens (tertiary/aromatic N) is 2. The summed E-state index contributed by atoms with van der Waals surface area (Å²) in [5.41, 5.74) is 1.54. The number of piperazine rings is 1. The van der Waals surface area contributed by atoms with Gasteiger partial charge in [-0.3, -0.25) is 14.4 Å². The van der Waals surface area contributed by atoms with Crippen molar-refractivity contribution >= 4 is 35.0 Å². The Bertz CT molecular complexity index is 809. The van der Waals surface area contributed by atoms with Gasteiger partial charge in [0.2, 0.25) is 5.91 Å². The van der Waals surface area contributed by atoms with Gasteiger partial charge in [0.05, 0.1) is 0 Å². The number of carbonyl (C=O) groups excluding carboxylic acids is 3. The lowest BCUT2D eigenvalue weighted by Gasteiger charge is -2.33.